The van der Waals surface area contributed by atoms with Crippen molar-refractivity contribution in [2.75, 3.05) is 26.2 Å². The van der Waals surface area contributed by atoms with Gasteiger partial charge in [-0.2, -0.15) is 0 Å². The van der Waals surface area contributed by atoms with Crippen molar-refractivity contribution in [3.8, 4) is 0 Å². The van der Waals surface area contributed by atoms with Crippen molar-refractivity contribution in [2.24, 2.45) is 0 Å². The van der Waals surface area contributed by atoms with Crippen LogP contribution in [0.15, 0.2) is 30.3 Å². The molecule has 2 N–H and O–H groups in total. The number of likely N-dealkylation sites (tertiary alicyclic amines) is 1. The smallest absolute Gasteiger partial charge is 0.324 e. The molecule has 0 spiro atoms. The number of carbonyl (C=O) groups excluding carboxylic acids is 4. The van der Waals surface area contributed by atoms with E-state index in [-0.39, 0.29) is 36.9 Å². The Morgan fingerprint density at radius 2 is 1.96 bits per heavy atom. The summed E-state index contributed by atoms with van der Waals surface area (Å²) < 4.78 is 0. The molecule has 126 valence electrons. The fourth-order valence-electron chi connectivity index (χ4n) is 2.94. The minimum atomic E-state index is -0.406. The summed E-state index contributed by atoms with van der Waals surface area (Å²) in [6.07, 6.45) is 0.553. The van der Waals surface area contributed by atoms with Crippen molar-refractivity contribution in [2.45, 2.75) is 12.5 Å². The summed E-state index contributed by atoms with van der Waals surface area (Å²) in [5.41, 5.74) is 0.490. The van der Waals surface area contributed by atoms with Gasteiger partial charge in [0.2, 0.25) is 11.8 Å². The summed E-state index contributed by atoms with van der Waals surface area (Å²) in [7, 11) is 0. The molecule has 2 aliphatic heterocycles. The number of urea groups is 1. The lowest BCUT2D eigenvalue weighted by Gasteiger charge is -2.21. The van der Waals surface area contributed by atoms with Crippen LogP contribution >= 0.6 is 0 Å². The van der Waals surface area contributed by atoms with Crippen molar-refractivity contribution in [1.82, 2.24) is 20.4 Å². The van der Waals surface area contributed by atoms with Crippen LogP contribution < -0.4 is 10.6 Å². The molecular weight excluding hydrogens is 312 g/mol. The molecule has 2 saturated heterocycles. The van der Waals surface area contributed by atoms with Gasteiger partial charge in [-0.1, -0.05) is 18.2 Å². The first-order valence-corrected chi connectivity index (χ1v) is 7.77. The molecule has 0 aliphatic carbocycles. The minimum absolute atomic E-state index is 0.0103. The molecule has 0 bridgehead atoms. The number of imide groups is 1. The van der Waals surface area contributed by atoms with E-state index in [1.54, 1.807) is 29.2 Å². The van der Waals surface area contributed by atoms with E-state index in [4.69, 9.17) is 0 Å². The van der Waals surface area contributed by atoms with Crippen molar-refractivity contribution >= 4 is 23.8 Å². The molecule has 2 heterocycles. The number of carbonyl (C=O) groups is 4. The summed E-state index contributed by atoms with van der Waals surface area (Å²) in [5.74, 6) is -0.806. The zero-order valence-corrected chi connectivity index (χ0v) is 13.0. The van der Waals surface area contributed by atoms with Crippen molar-refractivity contribution in [3.63, 3.8) is 0 Å². The molecule has 1 unspecified atom stereocenters. The fraction of sp³-hybridized carbons (Fsp3) is 0.375. The Kier molecular flexibility index (Phi) is 4.45. The van der Waals surface area contributed by atoms with Gasteiger partial charge < -0.3 is 15.5 Å². The zero-order chi connectivity index (χ0) is 17.1. The van der Waals surface area contributed by atoms with Crippen molar-refractivity contribution in [3.05, 3.63) is 35.9 Å². The van der Waals surface area contributed by atoms with E-state index in [2.05, 4.69) is 10.6 Å². The largest absolute Gasteiger partial charge is 0.343 e. The predicted molar refractivity (Wildman–Crippen MR) is 84.0 cm³/mol. The average molecular weight is 330 g/mol. The number of hydrogen-bond donors (Lipinski definition) is 2. The summed E-state index contributed by atoms with van der Waals surface area (Å²) >= 11 is 0. The highest BCUT2D eigenvalue weighted by molar-refractivity contribution is 6.02. The van der Waals surface area contributed by atoms with Gasteiger partial charge in [0.15, 0.2) is 0 Å². The zero-order valence-electron chi connectivity index (χ0n) is 13.0. The lowest BCUT2D eigenvalue weighted by atomic mass is 10.2. The van der Waals surface area contributed by atoms with E-state index in [0.717, 1.165) is 0 Å². The molecule has 8 heteroatoms. The van der Waals surface area contributed by atoms with E-state index in [0.29, 0.717) is 25.1 Å². The maximum absolute atomic E-state index is 12.2. The highest BCUT2D eigenvalue weighted by Crippen LogP contribution is 2.18. The van der Waals surface area contributed by atoms with Gasteiger partial charge in [0.1, 0.15) is 0 Å². The SMILES string of the molecule is O=C(NCC(=O)N1CCC(N2C(=O)CNC2=O)C1)c1ccccc1. The van der Waals surface area contributed by atoms with Crippen molar-refractivity contribution < 1.29 is 19.2 Å². The Morgan fingerprint density at radius 1 is 1.21 bits per heavy atom. The summed E-state index contributed by atoms with van der Waals surface area (Å²) in [5, 5.41) is 5.06. The van der Waals surface area contributed by atoms with Crippen molar-refractivity contribution in [1.29, 1.82) is 0 Å². The standard InChI is InChI=1S/C16H18N4O4/c21-13(8-17-15(23)11-4-2-1-3-5-11)19-7-6-12(10-19)20-14(22)9-18-16(20)24/h1-5,12H,6-10H2,(H,17,23)(H,18,24). The third-order valence-electron chi connectivity index (χ3n) is 4.20. The first-order valence-electron chi connectivity index (χ1n) is 7.77. The molecule has 5 amide bonds. The lowest BCUT2D eigenvalue weighted by molar-refractivity contribution is -0.130. The molecule has 3 rings (SSSR count). The number of nitrogens with one attached hydrogen (secondary N) is 2. The van der Waals surface area contributed by atoms with E-state index < -0.39 is 6.03 Å². The molecule has 2 aliphatic rings. The van der Waals surface area contributed by atoms with Crippen LogP contribution in [0.25, 0.3) is 0 Å². The van der Waals surface area contributed by atoms with Gasteiger partial charge in [0.05, 0.1) is 19.1 Å². The molecule has 1 aromatic rings. The monoisotopic (exact) mass is 330 g/mol. The van der Waals surface area contributed by atoms with Gasteiger partial charge in [0.25, 0.3) is 5.91 Å². The Bertz CT molecular complexity index is 660. The van der Waals surface area contributed by atoms with Gasteiger partial charge in [-0.25, -0.2) is 4.79 Å². The first-order chi connectivity index (χ1) is 11.6. The van der Waals surface area contributed by atoms with Crippen LogP contribution in [0, 0.1) is 0 Å². The second-order valence-corrected chi connectivity index (χ2v) is 5.75. The number of amides is 5. The molecule has 0 aromatic heterocycles. The number of rotatable bonds is 4. The lowest BCUT2D eigenvalue weighted by Crippen LogP contribution is -2.44. The molecule has 8 nitrogen and oxygen atoms in total. The van der Waals surface area contributed by atoms with E-state index in [1.165, 1.54) is 4.90 Å². The fourth-order valence-corrected chi connectivity index (χ4v) is 2.94. The minimum Gasteiger partial charge on any atom is -0.343 e. The summed E-state index contributed by atoms with van der Waals surface area (Å²) in [6, 6.07) is 7.94. The Labute approximate surface area is 138 Å². The summed E-state index contributed by atoms with van der Waals surface area (Å²) in [4.78, 5) is 50.3. The van der Waals surface area contributed by atoms with Gasteiger partial charge in [-0.3, -0.25) is 19.3 Å². The van der Waals surface area contributed by atoms with Crippen LogP contribution in [-0.2, 0) is 9.59 Å². The topological polar surface area (TPSA) is 98.8 Å². The van der Waals surface area contributed by atoms with Crippen LogP contribution in [0.3, 0.4) is 0 Å². The third-order valence-corrected chi connectivity index (χ3v) is 4.20. The number of nitrogens with zero attached hydrogens (tertiary/aromatic N) is 2. The molecule has 0 radical (unpaired) electrons. The van der Waals surface area contributed by atoms with Crippen LogP contribution in [0.5, 0.6) is 0 Å². The first kappa shape index (κ1) is 16.0. The molecular formula is C16H18N4O4. The van der Waals surface area contributed by atoms with Crippen LogP contribution in [0.4, 0.5) is 4.79 Å². The third kappa shape index (κ3) is 3.22. The Morgan fingerprint density at radius 3 is 2.62 bits per heavy atom. The second-order valence-electron chi connectivity index (χ2n) is 5.75. The van der Waals surface area contributed by atoms with E-state index in [1.807, 2.05) is 6.07 Å². The van der Waals surface area contributed by atoms with Gasteiger partial charge >= 0.3 is 6.03 Å². The highest BCUT2D eigenvalue weighted by Gasteiger charge is 2.39. The van der Waals surface area contributed by atoms with Crippen LogP contribution in [0.1, 0.15) is 16.8 Å². The van der Waals surface area contributed by atoms with Crippen LogP contribution in [0.2, 0.25) is 0 Å². The maximum atomic E-state index is 12.2. The highest BCUT2D eigenvalue weighted by atomic mass is 16.2. The molecule has 2 fully saturated rings. The number of hydrogen-bond acceptors (Lipinski definition) is 4. The predicted octanol–water partition coefficient (Wildman–Crippen LogP) is -0.431. The second kappa shape index (κ2) is 6.69. The van der Waals surface area contributed by atoms with Gasteiger partial charge in [-0.05, 0) is 18.6 Å². The molecule has 1 atom stereocenters. The Hall–Kier alpha value is -2.90. The quantitative estimate of drug-likeness (QED) is 0.732. The normalized spacial score (nSPS) is 20.2. The van der Waals surface area contributed by atoms with E-state index in [9.17, 15) is 19.2 Å². The van der Waals surface area contributed by atoms with E-state index >= 15 is 0 Å². The summed E-state index contributed by atoms with van der Waals surface area (Å²) in [6.45, 7) is 0.665. The molecule has 1 aromatic carbocycles. The number of benzene rings is 1. The Balaban J connectivity index is 1.51. The van der Waals surface area contributed by atoms with Crippen LogP contribution in [-0.4, -0.2) is 65.8 Å². The molecule has 24 heavy (non-hydrogen) atoms. The van der Waals surface area contributed by atoms with Gasteiger partial charge in [0, 0.05) is 18.7 Å². The molecule has 0 saturated carbocycles. The maximum Gasteiger partial charge on any atom is 0.324 e. The van der Waals surface area contributed by atoms with Gasteiger partial charge in [-0.15, -0.1) is 0 Å². The average Bonchev–Trinajstić information content (AvgIpc) is 3.20.